The maximum absolute atomic E-state index is 12.1. The van der Waals surface area contributed by atoms with Crippen molar-refractivity contribution in [3.8, 4) is 0 Å². The summed E-state index contributed by atoms with van der Waals surface area (Å²) in [7, 11) is 0. The van der Waals surface area contributed by atoms with Crippen LogP contribution in [0.15, 0.2) is 24.4 Å². The molecule has 2 nitrogen and oxygen atoms in total. The normalized spacial score (nSPS) is 24.5. The third-order valence-corrected chi connectivity index (χ3v) is 4.46. The van der Waals surface area contributed by atoms with Crippen LogP contribution in [-0.4, -0.2) is 10.8 Å². The number of hydrogen-bond donors (Lipinski definition) is 0. The molecule has 0 N–H and O–H groups in total. The summed E-state index contributed by atoms with van der Waals surface area (Å²) in [6, 6.07) is 6.00. The van der Waals surface area contributed by atoms with E-state index in [-0.39, 0.29) is 5.92 Å². The first-order valence-corrected chi connectivity index (χ1v) is 7.39. The highest BCUT2D eigenvalue weighted by Gasteiger charge is 2.34. The molecule has 0 aliphatic heterocycles. The summed E-state index contributed by atoms with van der Waals surface area (Å²) in [5.41, 5.74) is 1.43. The lowest BCUT2D eigenvalue weighted by molar-refractivity contribution is -0.126. The second-order valence-corrected chi connectivity index (χ2v) is 6.86. The molecule has 0 spiro atoms. The highest BCUT2D eigenvalue weighted by Crippen LogP contribution is 2.40. The highest BCUT2D eigenvalue weighted by atomic mass is 16.1. The Morgan fingerprint density at radius 3 is 2.74 bits per heavy atom. The topological polar surface area (TPSA) is 30.0 Å². The summed E-state index contributed by atoms with van der Waals surface area (Å²) in [4.78, 5) is 16.4. The average molecular weight is 259 g/mol. The molecule has 2 atom stereocenters. The number of Topliss-reactive ketones (excluding diaryl/α,β-unsaturated/α-hetero) is 1. The predicted octanol–water partition coefficient (Wildman–Crippen LogP) is 4.05. The molecule has 1 aliphatic carbocycles. The summed E-state index contributed by atoms with van der Waals surface area (Å²) in [5.74, 6) is 1.40. The first-order chi connectivity index (χ1) is 8.97. The molecule has 1 aliphatic rings. The second kappa shape index (κ2) is 5.85. The van der Waals surface area contributed by atoms with E-state index in [9.17, 15) is 4.79 Å². The fourth-order valence-electron chi connectivity index (χ4n) is 3.05. The van der Waals surface area contributed by atoms with Crippen molar-refractivity contribution in [2.75, 3.05) is 0 Å². The molecule has 0 amide bonds. The van der Waals surface area contributed by atoms with Crippen LogP contribution >= 0.6 is 0 Å². The van der Waals surface area contributed by atoms with E-state index in [2.05, 4.69) is 31.8 Å². The van der Waals surface area contributed by atoms with Crippen molar-refractivity contribution in [3.63, 3.8) is 0 Å². The van der Waals surface area contributed by atoms with Gasteiger partial charge >= 0.3 is 0 Å². The molecule has 0 saturated heterocycles. The van der Waals surface area contributed by atoms with Crippen LogP contribution < -0.4 is 0 Å². The molecule has 1 saturated carbocycles. The zero-order valence-electron chi connectivity index (χ0n) is 12.4. The number of rotatable bonds is 3. The van der Waals surface area contributed by atoms with E-state index in [4.69, 9.17) is 0 Å². The molecule has 0 bridgehead atoms. The number of aromatic nitrogens is 1. The van der Waals surface area contributed by atoms with Crippen LogP contribution in [-0.2, 0) is 11.2 Å². The molecule has 2 unspecified atom stereocenters. The standard InChI is InChI=1S/C17H25NO/c1-17(2,3)14-8-10-16(19)13(12-14)7-9-15-6-4-5-11-18-15/h4-6,11,13-14H,7-10,12H2,1-3H3. The Hall–Kier alpha value is -1.18. The van der Waals surface area contributed by atoms with Gasteiger partial charge in [0, 0.05) is 24.2 Å². The van der Waals surface area contributed by atoms with Crippen LogP contribution in [0.4, 0.5) is 0 Å². The lowest BCUT2D eigenvalue weighted by atomic mass is 9.68. The number of pyridine rings is 1. The third kappa shape index (κ3) is 3.89. The van der Waals surface area contributed by atoms with Crippen LogP contribution in [0.1, 0.15) is 52.1 Å². The predicted molar refractivity (Wildman–Crippen MR) is 77.9 cm³/mol. The Labute approximate surface area is 116 Å². The van der Waals surface area contributed by atoms with E-state index in [1.54, 1.807) is 0 Å². The number of nitrogens with zero attached hydrogens (tertiary/aromatic N) is 1. The zero-order chi connectivity index (χ0) is 13.9. The van der Waals surface area contributed by atoms with Gasteiger partial charge in [0.05, 0.1) is 0 Å². The average Bonchev–Trinajstić information content (AvgIpc) is 2.37. The van der Waals surface area contributed by atoms with Gasteiger partial charge in [-0.3, -0.25) is 9.78 Å². The number of carbonyl (C=O) groups excluding carboxylic acids is 1. The molecule has 1 heterocycles. The first-order valence-electron chi connectivity index (χ1n) is 7.39. The fraction of sp³-hybridized carbons (Fsp3) is 0.647. The summed E-state index contributed by atoms with van der Waals surface area (Å²) in [6.45, 7) is 6.88. The monoisotopic (exact) mass is 259 g/mol. The summed E-state index contributed by atoms with van der Waals surface area (Å²) in [6.07, 6.45) is 6.62. The van der Waals surface area contributed by atoms with Gasteiger partial charge in [-0.25, -0.2) is 0 Å². The van der Waals surface area contributed by atoms with Crippen molar-refractivity contribution in [1.29, 1.82) is 0 Å². The maximum atomic E-state index is 12.1. The number of aryl methyl sites for hydroxylation is 1. The van der Waals surface area contributed by atoms with Crippen molar-refractivity contribution < 1.29 is 4.79 Å². The lowest BCUT2D eigenvalue weighted by Crippen LogP contribution is -2.32. The van der Waals surface area contributed by atoms with Crippen molar-refractivity contribution in [1.82, 2.24) is 4.98 Å². The first kappa shape index (κ1) is 14.2. The van der Waals surface area contributed by atoms with Gasteiger partial charge in [-0.1, -0.05) is 26.8 Å². The molecule has 1 aromatic heterocycles. The molecule has 1 fully saturated rings. The SMILES string of the molecule is CC(C)(C)C1CCC(=O)C(CCc2ccccn2)C1. The molecule has 19 heavy (non-hydrogen) atoms. The Morgan fingerprint density at radius 2 is 2.11 bits per heavy atom. The Balaban J connectivity index is 1.93. The van der Waals surface area contributed by atoms with E-state index in [0.717, 1.165) is 37.8 Å². The minimum Gasteiger partial charge on any atom is -0.299 e. The van der Waals surface area contributed by atoms with Crippen LogP contribution in [0.3, 0.4) is 0 Å². The fourth-order valence-corrected chi connectivity index (χ4v) is 3.05. The van der Waals surface area contributed by atoms with Gasteiger partial charge < -0.3 is 0 Å². The maximum Gasteiger partial charge on any atom is 0.136 e. The van der Waals surface area contributed by atoms with Gasteiger partial charge in [-0.15, -0.1) is 0 Å². The summed E-state index contributed by atoms with van der Waals surface area (Å²) < 4.78 is 0. The van der Waals surface area contributed by atoms with E-state index in [0.29, 0.717) is 17.1 Å². The third-order valence-electron chi connectivity index (χ3n) is 4.46. The highest BCUT2D eigenvalue weighted by molar-refractivity contribution is 5.81. The van der Waals surface area contributed by atoms with Gasteiger partial charge in [0.25, 0.3) is 0 Å². The smallest absolute Gasteiger partial charge is 0.136 e. The van der Waals surface area contributed by atoms with Crippen LogP contribution in [0.2, 0.25) is 0 Å². The molecule has 2 heteroatoms. The zero-order valence-corrected chi connectivity index (χ0v) is 12.4. The second-order valence-electron chi connectivity index (χ2n) is 6.86. The summed E-state index contributed by atoms with van der Waals surface area (Å²) >= 11 is 0. The van der Waals surface area contributed by atoms with Crippen molar-refractivity contribution >= 4 is 5.78 Å². The molecule has 104 valence electrons. The van der Waals surface area contributed by atoms with Crippen LogP contribution in [0, 0.1) is 17.3 Å². The van der Waals surface area contributed by atoms with Gasteiger partial charge in [0.15, 0.2) is 0 Å². The quantitative estimate of drug-likeness (QED) is 0.819. The van der Waals surface area contributed by atoms with Crippen LogP contribution in [0.25, 0.3) is 0 Å². The minimum atomic E-state index is 0.250. The van der Waals surface area contributed by atoms with Crippen molar-refractivity contribution in [2.24, 2.45) is 17.3 Å². The summed E-state index contributed by atoms with van der Waals surface area (Å²) in [5, 5.41) is 0. The number of ketones is 1. The molecule has 0 aromatic carbocycles. The van der Waals surface area contributed by atoms with E-state index < -0.39 is 0 Å². The van der Waals surface area contributed by atoms with Crippen LogP contribution in [0.5, 0.6) is 0 Å². The van der Waals surface area contributed by atoms with Crippen molar-refractivity contribution in [2.45, 2.75) is 52.9 Å². The van der Waals surface area contributed by atoms with Gasteiger partial charge in [0.1, 0.15) is 5.78 Å². The number of hydrogen-bond acceptors (Lipinski definition) is 2. The molecule has 2 rings (SSSR count). The van der Waals surface area contributed by atoms with E-state index in [1.807, 2.05) is 18.3 Å². The Kier molecular flexibility index (Phi) is 4.38. The molecular formula is C17H25NO. The van der Waals surface area contributed by atoms with Crippen molar-refractivity contribution in [3.05, 3.63) is 30.1 Å². The lowest BCUT2D eigenvalue weighted by Gasteiger charge is -2.37. The Morgan fingerprint density at radius 1 is 1.32 bits per heavy atom. The van der Waals surface area contributed by atoms with Gasteiger partial charge in [-0.2, -0.15) is 0 Å². The molecule has 0 radical (unpaired) electrons. The molecular weight excluding hydrogens is 234 g/mol. The van der Waals surface area contributed by atoms with E-state index in [1.165, 1.54) is 0 Å². The van der Waals surface area contributed by atoms with Gasteiger partial charge in [-0.05, 0) is 49.1 Å². The minimum absolute atomic E-state index is 0.250. The molecule has 1 aromatic rings. The number of carbonyl (C=O) groups is 1. The largest absolute Gasteiger partial charge is 0.299 e. The van der Waals surface area contributed by atoms with Gasteiger partial charge in [0.2, 0.25) is 0 Å². The Bertz CT molecular complexity index is 419. The van der Waals surface area contributed by atoms with E-state index >= 15 is 0 Å².